The van der Waals surface area contributed by atoms with Crippen molar-refractivity contribution < 1.29 is 4.74 Å². The van der Waals surface area contributed by atoms with E-state index >= 15 is 0 Å². The van der Waals surface area contributed by atoms with Crippen LogP contribution in [0, 0.1) is 13.8 Å². The van der Waals surface area contributed by atoms with Crippen LogP contribution in [0.15, 0.2) is 30.3 Å². The normalized spacial score (nSPS) is 10.7. The summed E-state index contributed by atoms with van der Waals surface area (Å²) in [7, 11) is 0. The van der Waals surface area contributed by atoms with Gasteiger partial charge in [-0.25, -0.2) is 0 Å². The Morgan fingerprint density at radius 3 is 2.79 bits per heavy atom. The number of halogens is 1. The van der Waals surface area contributed by atoms with Crippen LogP contribution in [0.3, 0.4) is 0 Å². The van der Waals surface area contributed by atoms with E-state index in [-0.39, 0.29) is 0 Å². The smallest absolute Gasteiger partial charge is 0.122 e. The molecule has 0 fully saturated rings. The van der Waals surface area contributed by atoms with Crippen molar-refractivity contribution in [2.24, 2.45) is 0 Å². The van der Waals surface area contributed by atoms with Gasteiger partial charge in [0.1, 0.15) is 12.4 Å². The molecule has 0 unspecified atom stereocenters. The minimum Gasteiger partial charge on any atom is -0.492 e. The molecule has 0 atom stereocenters. The van der Waals surface area contributed by atoms with Crippen LogP contribution in [0.1, 0.15) is 16.0 Å². The molecule has 0 aliphatic rings. The van der Waals surface area contributed by atoms with E-state index in [2.05, 4.69) is 37.4 Å². The van der Waals surface area contributed by atoms with E-state index in [4.69, 9.17) is 16.3 Å². The summed E-state index contributed by atoms with van der Waals surface area (Å²) < 4.78 is 6.61. The molecule has 0 radical (unpaired) electrons. The largest absolute Gasteiger partial charge is 0.492 e. The highest BCUT2D eigenvalue weighted by atomic mass is 35.5. The lowest BCUT2D eigenvalue weighted by atomic mass is 10.1. The first-order valence-electron chi connectivity index (χ1n) is 6.30. The summed E-state index contributed by atoms with van der Waals surface area (Å²) in [5.41, 5.74) is 2.40. The Morgan fingerprint density at radius 1 is 1.21 bits per heavy atom. The van der Waals surface area contributed by atoms with Gasteiger partial charge in [0.2, 0.25) is 0 Å². The van der Waals surface area contributed by atoms with Gasteiger partial charge in [-0.05, 0) is 43.2 Å². The second-order valence-electron chi connectivity index (χ2n) is 4.50. The van der Waals surface area contributed by atoms with E-state index in [0.29, 0.717) is 6.61 Å². The van der Waals surface area contributed by atoms with Gasteiger partial charge in [-0.1, -0.05) is 23.7 Å². The zero-order chi connectivity index (χ0) is 13.7. The van der Waals surface area contributed by atoms with Crippen LogP contribution in [0.4, 0.5) is 0 Å². The molecule has 0 aliphatic heterocycles. The summed E-state index contributed by atoms with van der Waals surface area (Å²) in [6, 6.07) is 10.2. The monoisotopic (exact) mass is 295 g/mol. The summed E-state index contributed by atoms with van der Waals surface area (Å²) in [4.78, 5) is 1.25. The number of rotatable bonds is 6. The highest BCUT2D eigenvalue weighted by Crippen LogP contribution is 2.21. The summed E-state index contributed by atoms with van der Waals surface area (Å²) in [5.74, 6) is 0.973. The molecule has 0 aliphatic carbocycles. The maximum atomic E-state index is 5.88. The van der Waals surface area contributed by atoms with Crippen molar-refractivity contribution >= 4 is 22.9 Å². The minimum atomic E-state index is 0.670. The van der Waals surface area contributed by atoms with Crippen molar-refractivity contribution in [3.8, 4) is 5.75 Å². The Labute approximate surface area is 123 Å². The Bertz CT molecular complexity index is 539. The molecule has 2 aromatic rings. The molecule has 2 rings (SSSR count). The van der Waals surface area contributed by atoms with Gasteiger partial charge in [-0.2, -0.15) is 0 Å². The molecule has 0 spiro atoms. The van der Waals surface area contributed by atoms with Crippen LogP contribution >= 0.6 is 22.9 Å². The van der Waals surface area contributed by atoms with Gasteiger partial charge in [0.05, 0.1) is 4.34 Å². The first-order chi connectivity index (χ1) is 9.15. The minimum absolute atomic E-state index is 0.670. The number of aryl methyl sites for hydroxylation is 2. The van der Waals surface area contributed by atoms with Gasteiger partial charge in [-0.15, -0.1) is 11.3 Å². The fraction of sp³-hybridized carbons (Fsp3) is 0.333. The van der Waals surface area contributed by atoms with E-state index in [0.717, 1.165) is 23.2 Å². The summed E-state index contributed by atoms with van der Waals surface area (Å²) in [6.07, 6.45) is 0. The van der Waals surface area contributed by atoms with Gasteiger partial charge in [0, 0.05) is 18.0 Å². The molecule has 0 amide bonds. The van der Waals surface area contributed by atoms with Crippen molar-refractivity contribution in [3.63, 3.8) is 0 Å². The first-order valence-corrected chi connectivity index (χ1v) is 7.49. The Hall–Kier alpha value is -1.03. The third-order valence-electron chi connectivity index (χ3n) is 2.81. The molecule has 0 saturated heterocycles. The van der Waals surface area contributed by atoms with Gasteiger partial charge in [0.25, 0.3) is 0 Å². The van der Waals surface area contributed by atoms with E-state index in [1.807, 2.05) is 12.1 Å². The molecule has 1 aromatic heterocycles. The fourth-order valence-corrected chi connectivity index (χ4v) is 2.81. The Kier molecular flexibility index (Phi) is 5.25. The van der Waals surface area contributed by atoms with Crippen molar-refractivity contribution in [2.45, 2.75) is 20.4 Å². The van der Waals surface area contributed by atoms with Crippen LogP contribution in [0.2, 0.25) is 4.34 Å². The third-order valence-corrected chi connectivity index (χ3v) is 4.04. The average Bonchev–Trinajstić information content (AvgIpc) is 2.79. The maximum Gasteiger partial charge on any atom is 0.122 e. The lowest BCUT2D eigenvalue weighted by molar-refractivity contribution is 0.311. The molecule has 4 heteroatoms. The van der Waals surface area contributed by atoms with Crippen LogP contribution in [0.5, 0.6) is 5.75 Å². The molecule has 0 saturated carbocycles. The standard InChI is InChI=1S/C15H18ClNOS/c1-11-3-4-12(2)14(9-11)18-8-7-17-10-13-5-6-15(16)19-13/h3-6,9,17H,7-8,10H2,1-2H3. The fourth-order valence-electron chi connectivity index (χ4n) is 1.75. The second kappa shape index (κ2) is 6.94. The number of ether oxygens (including phenoxy) is 1. The molecule has 19 heavy (non-hydrogen) atoms. The number of thiophene rings is 1. The Balaban J connectivity index is 1.70. The lowest BCUT2D eigenvalue weighted by Crippen LogP contribution is -2.20. The van der Waals surface area contributed by atoms with E-state index in [1.165, 1.54) is 16.0 Å². The highest BCUT2D eigenvalue weighted by Gasteiger charge is 2.00. The number of benzene rings is 1. The van der Waals surface area contributed by atoms with E-state index in [1.54, 1.807) is 11.3 Å². The quantitative estimate of drug-likeness (QED) is 0.807. The zero-order valence-corrected chi connectivity index (χ0v) is 12.8. The van der Waals surface area contributed by atoms with Gasteiger partial charge >= 0.3 is 0 Å². The van der Waals surface area contributed by atoms with Crippen molar-refractivity contribution in [3.05, 3.63) is 50.7 Å². The molecule has 102 valence electrons. The second-order valence-corrected chi connectivity index (χ2v) is 6.30. The van der Waals surface area contributed by atoms with Gasteiger partial charge in [0.15, 0.2) is 0 Å². The number of hydrogen-bond acceptors (Lipinski definition) is 3. The summed E-state index contributed by atoms with van der Waals surface area (Å²) in [6.45, 7) is 6.47. The van der Waals surface area contributed by atoms with Crippen molar-refractivity contribution in [1.29, 1.82) is 0 Å². The van der Waals surface area contributed by atoms with Gasteiger partial charge in [-0.3, -0.25) is 0 Å². The molecule has 1 heterocycles. The van der Waals surface area contributed by atoms with Crippen LogP contribution in [0.25, 0.3) is 0 Å². The number of hydrogen-bond donors (Lipinski definition) is 1. The third kappa shape index (κ3) is 4.53. The van der Waals surface area contributed by atoms with Crippen LogP contribution < -0.4 is 10.1 Å². The summed E-state index contributed by atoms with van der Waals surface area (Å²) in [5, 5.41) is 3.35. The predicted molar refractivity (Wildman–Crippen MR) is 82.4 cm³/mol. The van der Waals surface area contributed by atoms with Crippen molar-refractivity contribution in [2.75, 3.05) is 13.2 Å². The molecular formula is C15H18ClNOS. The van der Waals surface area contributed by atoms with Crippen molar-refractivity contribution in [1.82, 2.24) is 5.32 Å². The molecular weight excluding hydrogens is 278 g/mol. The predicted octanol–water partition coefficient (Wildman–Crippen LogP) is 4.19. The number of nitrogens with one attached hydrogen (secondary N) is 1. The molecule has 2 nitrogen and oxygen atoms in total. The Morgan fingerprint density at radius 2 is 2.05 bits per heavy atom. The highest BCUT2D eigenvalue weighted by molar-refractivity contribution is 7.16. The molecule has 0 bridgehead atoms. The maximum absolute atomic E-state index is 5.88. The van der Waals surface area contributed by atoms with Gasteiger partial charge < -0.3 is 10.1 Å². The van der Waals surface area contributed by atoms with Crippen LogP contribution in [-0.2, 0) is 6.54 Å². The average molecular weight is 296 g/mol. The SMILES string of the molecule is Cc1ccc(C)c(OCCNCc2ccc(Cl)s2)c1. The molecule has 1 aromatic carbocycles. The first kappa shape index (κ1) is 14.4. The summed E-state index contributed by atoms with van der Waals surface area (Å²) >= 11 is 7.49. The van der Waals surface area contributed by atoms with Crippen LogP contribution in [-0.4, -0.2) is 13.2 Å². The topological polar surface area (TPSA) is 21.3 Å². The van der Waals surface area contributed by atoms with E-state index in [9.17, 15) is 0 Å². The lowest BCUT2D eigenvalue weighted by Gasteiger charge is -2.10. The molecule has 1 N–H and O–H groups in total. The zero-order valence-electron chi connectivity index (χ0n) is 11.2. The van der Waals surface area contributed by atoms with E-state index < -0.39 is 0 Å².